The van der Waals surface area contributed by atoms with Gasteiger partial charge in [-0.1, -0.05) is 13.8 Å². The first kappa shape index (κ1) is 14.4. The van der Waals surface area contributed by atoms with Gasteiger partial charge in [0.1, 0.15) is 11.1 Å². The Bertz CT molecular complexity index is 456. The van der Waals surface area contributed by atoms with E-state index >= 15 is 0 Å². The van der Waals surface area contributed by atoms with Crippen LogP contribution in [0.2, 0.25) is 0 Å². The van der Waals surface area contributed by atoms with Gasteiger partial charge < -0.3 is 15.0 Å². The molecule has 2 heterocycles. The van der Waals surface area contributed by atoms with Crippen molar-refractivity contribution in [2.75, 3.05) is 26.7 Å². The maximum absolute atomic E-state index is 5.91. The van der Waals surface area contributed by atoms with Gasteiger partial charge >= 0.3 is 0 Å². The molecule has 5 heteroatoms. The Morgan fingerprint density at radius 1 is 1.45 bits per heavy atom. The zero-order valence-electron chi connectivity index (χ0n) is 12.7. The number of likely N-dealkylation sites (N-methyl/N-ethyl adjacent to an activating group) is 1. The molecule has 1 saturated carbocycles. The topological polar surface area (TPSA) is 37.4 Å². The minimum atomic E-state index is 0.170. The highest BCUT2D eigenvalue weighted by atomic mass is 32.1. The van der Waals surface area contributed by atoms with Crippen LogP contribution in [-0.4, -0.2) is 42.7 Å². The number of aromatic nitrogens is 1. The number of ether oxygens (including phenoxy) is 1. The highest BCUT2D eigenvalue weighted by Gasteiger charge is 2.32. The second-order valence-electron chi connectivity index (χ2n) is 6.29. The van der Waals surface area contributed by atoms with Crippen LogP contribution in [0, 0.1) is 0 Å². The molecule has 0 radical (unpaired) electrons. The van der Waals surface area contributed by atoms with Crippen molar-refractivity contribution in [1.29, 1.82) is 0 Å². The number of thiazole rings is 1. The van der Waals surface area contributed by atoms with E-state index in [1.54, 1.807) is 0 Å². The van der Waals surface area contributed by atoms with Crippen LogP contribution < -0.4 is 5.32 Å². The molecule has 2 aliphatic rings. The summed E-state index contributed by atoms with van der Waals surface area (Å²) in [5.41, 5.74) is 1.34. The standard InChI is InChI=1S/C15H25N3OS/c1-10(2)16-8-13-14(11-4-5-11)17-15(20-13)12-9-18(3)6-7-19-12/h10-12,16H,4-9H2,1-3H3. The summed E-state index contributed by atoms with van der Waals surface area (Å²) < 4.78 is 5.91. The first-order chi connectivity index (χ1) is 9.63. The lowest BCUT2D eigenvalue weighted by Gasteiger charge is -2.28. The van der Waals surface area contributed by atoms with E-state index in [4.69, 9.17) is 9.72 Å². The van der Waals surface area contributed by atoms with E-state index in [0.717, 1.165) is 26.2 Å². The highest BCUT2D eigenvalue weighted by molar-refractivity contribution is 7.11. The molecule has 0 amide bonds. The summed E-state index contributed by atoms with van der Waals surface area (Å²) >= 11 is 1.85. The van der Waals surface area contributed by atoms with Gasteiger partial charge in [-0.05, 0) is 19.9 Å². The molecule has 0 spiro atoms. The molecular weight excluding hydrogens is 270 g/mol. The fourth-order valence-electron chi connectivity index (χ4n) is 2.55. The van der Waals surface area contributed by atoms with Gasteiger partial charge in [-0.3, -0.25) is 0 Å². The summed E-state index contributed by atoms with van der Waals surface area (Å²) in [5.74, 6) is 0.713. The summed E-state index contributed by atoms with van der Waals surface area (Å²) in [4.78, 5) is 8.69. The van der Waals surface area contributed by atoms with Crippen LogP contribution in [0.4, 0.5) is 0 Å². The average molecular weight is 295 g/mol. The lowest BCUT2D eigenvalue weighted by atomic mass is 10.2. The smallest absolute Gasteiger partial charge is 0.123 e. The fourth-order valence-corrected chi connectivity index (χ4v) is 3.69. The molecule has 1 aromatic rings. The largest absolute Gasteiger partial charge is 0.368 e. The van der Waals surface area contributed by atoms with Crippen molar-refractivity contribution >= 4 is 11.3 Å². The zero-order chi connectivity index (χ0) is 14.1. The van der Waals surface area contributed by atoms with Crippen LogP contribution in [0.1, 0.15) is 54.3 Å². The van der Waals surface area contributed by atoms with Crippen LogP contribution in [0.3, 0.4) is 0 Å². The van der Waals surface area contributed by atoms with Crippen molar-refractivity contribution < 1.29 is 4.74 Å². The normalized spacial score (nSPS) is 24.5. The predicted molar refractivity (Wildman–Crippen MR) is 82.3 cm³/mol. The molecule has 1 aliphatic carbocycles. The molecule has 1 unspecified atom stereocenters. The lowest BCUT2D eigenvalue weighted by Crippen LogP contribution is -2.35. The Kier molecular flexibility index (Phi) is 4.40. The molecule has 2 fully saturated rings. The first-order valence-corrected chi connectivity index (χ1v) is 8.48. The predicted octanol–water partition coefficient (Wildman–Crippen LogP) is 2.52. The van der Waals surface area contributed by atoms with Gasteiger partial charge in [-0.15, -0.1) is 11.3 Å². The molecule has 112 valence electrons. The summed E-state index contributed by atoms with van der Waals surface area (Å²) in [6.45, 7) is 8.15. The zero-order valence-corrected chi connectivity index (χ0v) is 13.5. The number of nitrogens with one attached hydrogen (secondary N) is 1. The monoisotopic (exact) mass is 295 g/mol. The molecule has 0 aromatic carbocycles. The Morgan fingerprint density at radius 3 is 2.90 bits per heavy atom. The van der Waals surface area contributed by atoms with Crippen LogP contribution >= 0.6 is 11.3 Å². The van der Waals surface area contributed by atoms with Crippen molar-refractivity contribution in [3.8, 4) is 0 Å². The average Bonchev–Trinajstić information content (AvgIpc) is 3.16. The van der Waals surface area contributed by atoms with Crippen molar-refractivity contribution in [2.24, 2.45) is 0 Å². The van der Waals surface area contributed by atoms with E-state index in [0.29, 0.717) is 12.0 Å². The van der Waals surface area contributed by atoms with Crippen LogP contribution in [0.25, 0.3) is 0 Å². The molecule has 1 N–H and O–H groups in total. The minimum absolute atomic E-state index is 0.170. The molecule has 1 aromatic heterocycles. The molecule has 1 saturated heterocycles. The van der Waals surface area contributed by atoms with Gasteiger partial charge in [-0.2, -0.15) is 0 Å². The van der Waals surface area contributed by atoms with Gasteiger partial charge in [0.05, 0.1) is 12.3 Å². The molecule has 4 nitrogen and oxygen atoms in total. The van der Waals surface area contributed by atoms with Crippen molar-refractivity contribution in [2.45, 2.75) is 51.3 Å². The number of hydrogen-bond donors (Lipinski definition) is 1. The van der Waals surface area contributed by atoms with E-state index < -0.39 is 0 Å². The van der Waals surface area contributed by atoms with Gasteiger partial charge in [0, 0.05) is 36.5 Å². The van der Waals surface area contributed by atoms with Crippen molar-refractivity contribution in [3.63, 3.8) is 0 Å². The van der Waals surface area contributed by atoms with E-state index in [2.05, 4.69) is 31.1 Å². The van der Waals surface area contributed by atoms with Crippen molar-refractivity contribution in [3.05, 3.63) is 15.6 Å². The first-order valence-electron chi connectivity index (χ1n) is 7.66. The molecule has 20 heavy (non-hydrogen) atoms. The maximum atomic E-state index is 5.91. The third kappa shape index (κ3) is 3.39. The van der Waals surface area contributed by atoms with Gasteiger partial charge in [0.2, 0.25) is 0 Å². The Balaban J connectivity index is 1.75. The number of hydrogen-bond acceptors (Lipinski definition) is 5. The van der Waals surface area contributed by atoms with Crippen LogP contribution in [-0.2, 0) is 11.3 Å². The molecular formula is C15H25N3OS. The third-order valence-corrected chi connectivity index (χ3v) is 5.09. The van der Waals surface area contributed by atoms with Crippen LogP contribution in [0.15, 0.2) is 0 Å². The Labute approximate surface area is 125 Å². The Morgan fingerprint density at radius 2 is 2.25 bits per heavy atom. The van der Waals surface area contributed by atoms with Crippen molar-refractivity contribution in [1.82, 2.24) is 15.2 Å². The van der Waals surface area contributed by atoms with E-state index in [-0.39, 0.29) is 6.10 Å². The minimum Gasteiger partial charge on any atom is -0.368 e. The second-order valence-corrected chi connectivity index (χ2v) is 7.41. The van der Waals surface area contributed by atoms with Gasteiger partial charge in [0.25, 0.3) is 0 Å². The van der Waals surface area contributed by atoms with Gasteiger partial charge in [-0.25, -0.2) is 4.98 Å². The summed E-state index contributed by atoms with van der Waals surface area (Å²) in [6.07, 6.45) is 2.79. The van der Waals surface area contributed by atoms with Crippen LogP contribution in [0.5, 0.6) is 0 Å². The lowest BCUT2D eigenvalue weighted by molar-refractivity contribution is -0.0210. The summed E-state index contributed by atoms with van der Waals surface area (Å²) in [7, 11) is 2.16. The molecule has 1 aliphatic heterocycles. The quantitative estimate of drug-likeness (QED) is 0.906. The highest BCUT2D eigenvalue weighted by Crippen LogP contribution is 2.43. The van der Waals surface area contributed by atoms with E-state index in [9.17, 15) is 0 Å². The molecule has 1 atom stereocenters. The molecule has 3 rings (SSSR count). The second kappa shape index (κ2) is 6.10. The van der Waals surface area contributed by atoms with E-state index in [1.165, 1.54) is 28.4 Å². The molecule has 0 bridgehead atoms. The summed E-state index contributed by atoms with van der Waals surface area (Å²) in [5, 5.41) is 4.71. The number of morpholine rings is 1. The SMILES string of the molecule is CC(C)NCc1sc(C2CN(C)CCO2)nc1C1CC1. The van der Waals surface area contributed by atoms with Gasteiger partial charge in [0.15, 0.2) is 0 Å². The Hall–Kier alpha value is -0.490. The fraction of sp³-hybridized carbons (Fsp3) is 0.800. The number of nitrogens with zero attached hydrogens (tertiary/aromatic N) is 2. The number of rotatable bonds is 5. The van der Waals surface area contributed by atoms with E-state index in [1.807, 2.05) is 11.3 Å². The maximum Gasteiger partial charge on any atom is 0.123 e. The summed E-state index contributed by atoms with van der Waals surface area (Å²) in [6, 6.07) is 0.518. The third-order valence-electron chi connectivity index (χ3n) is 3.92.